The summed E-state index contributed by atoms with van der Waals surface area (Å²) in [5, 5.41) is 13.9. The van der Waals surface area contributed by atoms with Crippen LogP contribution in [0.1, 0.15) is 23.7 Å². The molecule has 6 heteroatoms. The molecule has 0 unspecified atom stereocenters. The van der Waals surface area contributed by atoms with Gasteiger partial charge in [-0.25, -0.2) is 0 Å². The van der Waals surface area contributed by atoms with Gasteiger partial charge in [0.1, 0.15) is 5.75 Å². The fourth-order valence-electron chi connectivity index (χ4n) is 1.54. The molecule has 0 atom stereocenters. The molecule has 0 aromatic heterocycles. The van der Waals surface area contributed by atoms with E-state index in [1.807, 2.05) is 0 Å². The lowest BCUT2D eigenvalue weighted by atomic mass is 10.1. The average Bonchev–Trinajstić information content (AvgIpc) is 2.38. The van der Waals surface area contributed by atoms with Crippen molar-refractivity contribution < 1.29 is 19.4 Å². The Morgan fingerprint density at radius 3 is 2.68 bits per heavy atom. The van der Waals surface area contributed by atoms with Crippen molar-refractivity contribution in [3.8, 4) is 5.75 Å². The zero-order valence-corrected chi connectivity index (χ0v) is 11.0. The topological polar surface area (TPSA) is 87.7 Å². The van der Waals surface area contributed by atoms with Crippen molar-refractivity contribution in [2.75, 3.05) is 25.6 Å². The predicted octanol–water partition coefficient (Wildman–Crippen LogP) is 0.766. The Morgan fingerprint density at radius 1 is 1.37 bits per heavy atom. The van der Waals surface area contributed by atoms with E-state index < -0.39 is 0 Å². The van der Waals surface area contributed by atoms with Gasteiger partial charge in [-0.15, -0.1) is 0 Å². The number of anilines is 1. The Bertz CT molecular complexity index is 460. The van der Waals surface area contributed by atoms with Gasteiger partial charge in [-0.3, -0.25) is 9.59 Å². The molecule has 1 aromatic rings. The van der Waals surface area contributed by atoms with Crippen LogP contribution in [0.5, 0.6) is 5.75 Å². The van der Waals surface area contributed by atoms with Gasteiger partial charge in [0.2, 0.25) is 5.91 Å². The maximum absolute atomic E-state index is 12.0. The van der Waals surface area contributed by atoms with Gasteiger partial charge in [0.25, 0.3) is 5.91 Å². The first-order chi connectivity index (χ1) is 9.08. The van der Waals surface area contributed by atoms with Crippen LogP contribution >= 0.6 is 0 Å². The average molecular weight is 266 g/mol. The van der Waals surface area contributed by atoms with Crippen molar-refractivity contribution in [2.24, 2.45) is 0 Å². The molecule has 0 heterocycles. The standard InChI is InChI=1S/C13H18N2O4/c1-9(17)15-10-4-5-12(19-2)11(8-10)13(18)14-6-3-7-16/h4-5,8,16H,3,6-7H2,1-2H3,(H,14,18)(H,15,17). The molecule has 3 N–H and O–H groups in total. The number of nitrogens with one attached hydrogen (secondary N) is 2. The van der Waals surface area contributed by atoms with E-state index in [9.17, 15) is 9.59 Å². The Labute approximate surface area is 111 Å². The highest BCUT2D eigenvalue weighted by Gasteiger charge is 2.13. The first-order valence-electron chi connectivity index (χ1n) is 5.93. The van der Waals surface area contributed by atoms with Crippen molar-refractivity contribution in [3.63, 3.8) is 0 Å². The summed E-state index contributed by atoms with van der Waals surface area (Å²) >= 11 is 0. The normalized spacial score (nSPS) is 9.84. The molecule has 19 heavy (non-hydrogen) atoms. The monoisotopic (exact) mass is 266 g/mol. The summed E-state index contributed by atoms with van der Waals surface area (Å²) < 4.78 is 5.11. The second-order valence-corrected chi connectivity index (χ2v) is 3.93. The van der Waals surface area contributed by atoms with Crippen LogP contribution < -0.4 is 15.4 Å². The second-order valence-electron chi connectivity index (χ2n) is 3.93. The highest BCUT2D eigenvalue weighted by atomic mass is 16.5. The van der Waals surface area contributed by atoms with Crippen LogP contribution in [0, 0.1) is 0 Å². The van der Waals surface area contributed by atoms with Gasteiger partial charge in [0, 0.05) is 25.8 Å². The molecule has 0 bridgehead atoms. The first kappa shape index (κ1) is 15.0. The van der Waals surface area contributed by atoms with Crippen LogP contribution in [0.25, 0.3) is 0 Å². The minimum atomic E-state index is -0.308. The fraction of sp³-hybridized carbons (Fsp3) is 0.385. The number of hydrogen-bond acceptors (Lipinski definition) is 4. The third-order valence-electron chi connectivity index (χ3n) is 2.38. The minimum Gasteiger partial charge on any atom is -0.496 e. The zero-order chi connectivity index (χ0) is 14.3. The molecule has 0 radical (unpaired) electrons. The molecule has 104 valence electrons. The van der Waals surface area contributed by atoms with Crippen molar-refractivity contribution in [2.45, 2.75) is 13.3 Å². The van der Waals surface area contributed by atoms with E-state index in [4.69, 9.17) is 9.84 Å². The number of carbonyl (C=O) groups is 2. The third kappa shape index (κ3) is 4.59. The molecule has 1 rings (SSSR count). The maximum atomic E-state index is 12.0. The first-order valence-corrected chi connectivity index (χ1v) is 5.93. The molecule has 0 saturated heterocycles. The summed E-state index contributed by atoms with van der Waals surface area (Å²) in [4.78, 5) is 22.9. The van der Waals surface area contributed by atoms with Gasteiger partial charge in [-0.1, -0.05) is 0 Å². The Kier molecular flexibility index (Phi) is 5.81. The SMILES string of the molecule is COc1ccc(NC(C)=O)cc1C(=O)NCCCO. The van der Waals surface area contributed by atoms with Gasteiger partial charge in [-0.2, -0.15) is 0 Å². The van der Waals surface area contributed by atoms with Crippen LogP contribution in [0.15, 0.2) is 18.2 Å². The number of aliphatic hydroxyl groups is 1. The van der Waals surface area contributed by atoms with E-state index in [-0.39, 0.29) is 18.4 Å². The van der Waals surface area contributed by atoms with E-state index in [0.29, 0.717) is 30.0 Å². The van der Waals surface area contributed by atoms with Crippen LogP contribution in [0.3, 0.4) is 0 Å². The molecule has 0 aliphatic carbocycles. The summed E-state index contributed by atoms with van der Waals surface area (Å²) in [6.45, 7) is 1.79. The number of aliphatic hydroxyl groups excluding tert-OH is 1. The molecule has 0 aliphatic rings. The summed E-state index contributed by atoms with van der Waals surface area (Å²) in [6.07, 6.45) is 0.486. The number of rotatable bonds is 6. The zero-order valence-electron chi connectivity index (χ0n) is 11.0. The van der Waals surface area contributed by atoms with E-state index in [0.717, 1.165) is 0 Å². The minimum absolute atomic E-state index is 0.0172. The summed E-state index contributed by atoms with van der Waals surface area (Å²) in [5.74, 6) is -0.0927. The summed E-state index contributed by atoms with van der Waals surface area (Å²) in [5.41, 5.74) is 0.868. The van der Waals surface area contributed by atoms with Gasteiger partial charge < -0.3 is 20.5 Å². The molecule has 6 nitrogen and oxygen atoms in total. The highest BCUT2D eigenvalue weighted by Crippen LogP contribution is 2.22. The van der Waals surface area contributed by atoms with Gasteiger partial charge in [0.15, 0.2) is 0 Å². The molecular weight excluding hydrogens is 248 g/mol. The molecule has 0 fully saturated rings. The molecule has 0 aliphatic heterocycles. The van der Waals surface area contributed by atoms with Crippen molar-refractivity contribution in [1.29, 1.82) is 0 Å². The van der Waals surface area contributed by atoms with E-state index in [1.54, 1.807) is 18.2 Å². The molecule has 0 saturated carbocycles. The van der Waals surface area contributed by atoms with Crippen molar-refractivity contribution in [3.05, 3.63) is 23.8 Å². The number of ether oxygens (including phenoxy) is 1. The largest absolute Gasteiger partial charge is 0.496 e. The summed E-state index contributed by atoms with van der Waals surface area (Å²) in [7, 11) is 1.47. The van der Waals surface area contributed by atoms with Crippen molar-refractivity contribution in [1.82, 2.24) is 5.32 Å². The van der Waals surface area contributed by atoms with Crippen LogP contribution in [0.2, 0.25) is 0 Å². The number of methoxy groups -OCH3 is 1. The van der Waals surface area contributed by atoms with Gasteiger partial charge in [-0.05, 0) is 24.6 Å². The number of hydrogen-bond donors (Lipinski definition) is 3. The third-order valence-corrected chi connectivity index (χ3v) is 2.38. The number of carbonyl (C=O) groups excluding carboxylic acids is 2. The fourth-order valence-corrected chi connectivity index (χ4v) is 1.54. The van der Waals surface area contributed by atoms with Crippen LogP contribution in [-0.2, 0) is 4.79 Å². The van der Waals surface area contributed by atoms with Crippen LogP contribution in [0.4, 0.5) is 5.69 Å². The van der Waals surface area contributed by atoms with E-state index in [1.165, 1.54) is 14.0 Å². The molecule has 2 amide bonds. The smallest absolute Gasteiger partial charge is 0.255 e. The van der Waals surface area contributed by atoms with E-state index >= 15 is 0 Å². The quantitative estimate of drug-likeness (QED) is 0.663. The lowest BCUT2D eigenvalue weighted by Crippen LogP contribution is -2.25. The number of amides is 2. The van der Waals surface area contributed by atoms with Gasteiger partial charge >= 0.3 is 0 Å². The Morgan fingerprint density at radius 2 is 2.11 bits per heavy atom. The molecular formula is C13H18N2O4. The van der Waals surface area contributed by atoms with Crippen LogP contribution in [-0.4, -0.2) is 37.2 Å². The lowest BCUT2D eigenvalue weighted by molar-refractivity contribution is -0.114. The predicted molar refractivity (Wildman–Crippen MR) is 71.3 cm³/mol. The molecule has 0 spiro atoms. The molecule has 1 aromatic carbocycles. The van der Waals surface area contributed by atoms with Gasteiger partial charge in [0.05, 0.1) is 12.7 Å². The van der Waals surface area contributed by atoms with Crippen molar-refractivity contribution >= 4 is 17.5 Å². The number of benzene rings is 1. The van der Waals surface area contributed by atoms with E-state index in [2.05, 4.69) is 10.6 Å². The lowest BCUT2D eigenvalue weighted by Gasteiger charge is -2.11. The Balaban J connectivity index is 2.88. The summed E-state index contributed by atoms with van der Waals surface area (Å²) in [6, 6.07) is 4.82. The highest BCUT2D eigenvalue weighted by molar-refractivity contribution is 5.99. The Hall–Kier alpha value is -2.08. The second kappa shape index (κ2) is 7.38. The maximum Gasteiger partial charge on any atom is 0.255 e.